The number of nitrogens with one attached hydrogen (secondary N) is 1. The predicted octanol–water partition coefficient (Wildman–Crippen LogP) is 3.41. The van der Waals surface area contributed by atoms with Crippen molar-refractivity contribution in [1.29, 1.82) is 0 Å². The molecular formula is C11H10BrClN4. The molecule has 0 saturated carbocycles. The monoisotopic (exact) mass is 312 g/mol. The maximum absolute atomic E-state index is 5.90. The van der Waals surface area contributed by atoms with Gasteiger partial charge in [-0.15, -0.1) is 0 Å². The van der Waals surface area contributed by atoms with E-state index in [-0.39, 0.29) is 0 Å². The first-order valence-electron chi connectivity index (χ1n) is 4.80. The van der Waals surface area contributed by atoms with Crippen molar-refractivity contribution >= 4 is 50.5 Å². The Balaban J connectivity index is 2.25. The Morgan fingerprint density at radius 2 is 1.94 bits per heavy atom. The van der Waals surface area contributed by atoms with E-state index in [1.54, 1.807) is 18.2 Å². The van der Waals surface area contributed by atoms with Crippen LogP contribution in [-0.4, -0.2) is 4.98 Å². The Kier molecular flexibility index (Phi) is 3.40. The number of nitrogens with two attached hydrogens (primary N) is 2. The van der Waals surface area contributed by atoms with Crippen molar-refractivity contribution in [3.8, 4) is 0 Å². The lowest BCUT2D eigenvalue weighted by Crippen LogP contribution is -2.01. The highest BCUT2D eigenvalue weighted by Crippen LogP contribution is 2.27. The van der Waals surface area contributed by atoms with Crippen LogP contribution in [0, 0.1) is 0 Å². The lowest BCUT2D eigenvalue weighted by molar-refractivity contribution is 1.32. The number of halogens is 2. The zero-order valence-corrected chi connectivity index (χ0v) is 11.1. The molecule has 0 radical (unpaired) electrons. The Bertz CT molecular complexity index is 510. The zero-order valence-electron chi connectivity index (χ0n) is 8.74. The van der Waals surface area contributed by atoms with E-state index < -0.39 is 0 Å². The van der Waals surface area contributed by atoms with Gasteiger partial charge in [-0.2, -0.15) is 0 Å². The molecule has 0 aliphatic heterocycles. The Hall–Kier alpha value is -1.46. The van der Waals surface area contributed by atoms with Crippen LogP contribution in [0.15, 0.2) is 34.8 Å². The van der Waals surface area contributed by atoms with Gasteiger partial charge in [0.25, 0.3) is 0 Å². The first-order valence-corrected chi connectivity index (χ1v) is 5.97. The molecule has 0 atom stereocenters. The molecular weight excluding hydrogens is 304 g/mol. The van der Waals surface area contributed by atoms with E-state index in [4.69, 9.17) is 23.1 Å². The molecule has 88 valence electrons. The van der Waals surface area contributed by atoms with Gasteiger partial charge in [0.1, 0.15) is 11.6 Å². The smallest absolute Gasteiger partial charge is 0.149 e. The van der Waals surface area contributed by atoms with Gasteiger partial charge < -0.3 is 16.8 Å². The molecule has 0 amide bonds. The Morgan fingerprint density at radius 1 is 1.18 bits per heavy atom. The number of hydrogen-bond acceptors (Lipinski definition) is 4. The predicted molar refractivity (Wildman–Crippen MR) is 75.5 cm³/mol. The highest BCUT2D eigenvalue weighted by Gasteiger charge is 2.02. The summed E-state index contributed by atoms with van der Waals surface area (Å²) in [5, 5.41) is 3.76. The van der Waals surface area contributed by atoms with Crippen molar-refractivity contribution < 1.29 is 0 Å². The first-order chi connectivity index (χ1) is 8.06. The molecule has 0 aliphatic rings. The van der Waals surface area contributed by atoms with E-state index in [0.29, 0.717) is 22.3 Å². The third-order valence-corrected chi connectivity index (χ3v) is 3.36. The Morgan fingerprint density at radius 3 is 2.59 bits per heavy atom. The third kappa shape index (κ3) is 2.81. The first kappa shape index (κ1) is 12.0. The summed E-state index contributed by atoms with van der Waals surface area (Å²) in [4.78, 5) is 4.11. The molecule has 2 aromatic rings. The molecule has 0 fully saturated rings. The van der Waals surface area contributed by atoms with E-state index in [1.807, 2.05) is 12.1 Å². The highest BCUT2D eigenvalue weighted by molar-refractivity contribution is 9.10. The van der Waals surface area contributed by atoms with Gasteiger partial charge >= 0.3 is 0 Å². The van der Waals surface area contributed by atoms with Crippen molar-refractivity contribution in [3.05, 3.63) is 39.8 Å². The topological polar surface area (TPSA) is 77.0 Å². The van der Waals surface area contributed by atoms with Crippen LogP contribution < -0.4 is 16.8 Å². The number of benzene rings is 1. The van der Waals surface area contributed by atoms with Crippen LogP contribution in [0.5, 0.6) is 0 Å². The molecule has 2 rings (SSSR count). The molecule has 5 N–H and O–H groups in total. The molecule has 6 heteroatoms. The van der Waals surface area contributed by atoms with Gasteiger partial charge in [-0.05, 0) is 46.3 Å². The Labute approximate surface area is 112 Å². The maximum Gasteiger partial charge on any atom is 0.149 e. The van der Waals surface area contributed by atoms with E-state index in [2.05, 4.69) is 26.2 Å². The summed E-state index contributed by atoms with van der Waals surface area (Å²) < 4.78 is 0.813. The number of hydrogen-bond donors (Lipinski definition) is 3. The number of nitrogens with zero attached hydrogens (tertiary/aromatic N) is 1. The van der Waals surface area contributed by atoms with Gasteiger partial charge in [-0.25, -0.2) is 4.98 Å². The summed E-state index contributed by atoms with van der Waals surface area (Å²) in [5.74, 6) is 0.939. The minimum atomic E-state index is 0.308. The number of rotatable bonds is 2. The van der Waals surface area contributed by atoms with Gasteiger partial charge in [0, 0.05) is 10.2 Å². The number of aromatic nitrogens is 1. The summed E-state index contributed by atoms with van der Waals surface area (Å²) in [6.45, 7) is 0. The second-order valence-corrected chi connectivity index (χ2v) is 4.69. The van der Waals surface area contributed by atoms with Gasteiger partial charge in [-0.3, -0.25) is 0 Å². The highest BCUT2D eigenvalue weighted by atomic mass is 79.9. The van der Waals surface area contributed by atoms with Crippen molar-refractivity contribution in [2.45, 2.75) is 0 Å². The van der Waals surface area contributed by atoms with Crippen molar-refractivity contribution in [3.63, 3.8) is 0 Å². The fourth-order valence-corrected chi connectivity index (χ4v) is 1.77. The molecule has 4 nitrogen and oxygen atoms in total. The molecule has 1 aromatic carbocycles. The minimum Gasteiger partial charge on any atom is -0.396 e. The van der Waals surface area contributed by atoms with Crippen LogP contribution >= 0.6 is 27.5 Å². The summed E-state index contributed by atoms with van der Waals surface area (Å²) in [7, 11) is 0. The minimum absolute atomic E-state index is 0.308. The molecule has 0 saturated heterocycles. The van der Waals surface area contributed by atoms with Crippen LogP contribution in [0.2, 0.25) is 5.02 Å². The van der Waals surface area contributed by atoms with Crippen molar-refractivity contribution in [2.75, 3.05) is 16.8 Å². The molecule has 0 aliphatic carbocycles. The summed E-state index contributed by atoms with van der Waals surface area (Å²) in [6, 6.07) is 8.95. The molecule has 17 heavy (non-hydrogen) atoms. The van der Waals surface area contributed by atoms with E-state index in [9.17, 15) is 0 Å². The lowest BCUT2D eigenvalue weighted by Gasteiger charge is -2.08. The average Bonchev–Trinajstić information content (AvgIpc) is 2.29. The molecule has 1 heterocycles. The number of nitrogen functional groups attached to an aromatic ring is 2. The van der Waals surface area contributed by atoms with Crippen LogP contribution in [0.4, 0.5) is 23.0 Å². The van der Waals surface area contributed by atoms with Crippen LogP contribution in [0.25, 0.3) is 0 Å². The standard InChI is InChI=1S/C11H10BrClN4/c12-7-5-6(1-2-8(7)13)16-10-4-3-9(14)11(15)17-10/h1-5H,14H2,(H3,15,16,17). The van der Waals surface area contributed by atoms with Gasteiger partial charge in [0.05, 0.1) is 10.7 Å². The second kappa shape index (κ2) is 4.81. The van der Waals surface area contributed by atoms with Gasteiger partial charge in [-0.1, -0.05) is 11.6 Å². The number of pyridine rings is 1. The van der Waals surface area contributed by atoms with E-state index >= 15 is 0 Å². The van der Waals surface area contributed by atoms with Crippen molar-refractivity contribution in [1.82, 2.24) is 4.98 Å². The molecule has 0 spiro atoms. The van der Waals surface area contributed by atoms with E-state index in [0.717, 1.165) is 10.2 Å². The third-order valence-electron chi connectivity index (χ3n) is 2.15. The maximum atomic E-state index is 5.90. The normalized spacial score (nSPS) is 10.2. The van der Waals surface area contributed by atoms with Crippen LogP contribution in [0.1, 0.15) is 0 Å². The summed E-state index contributed by atoms with van der Waals surface area (Å²) in [6.07, 6.45) is 0. The fraction of sp³-hybridized carbons (Fsp3) is 0. The molecule has 0 bridgehead atoms. The quantitative estimate of drug-likeness (QED) is 0.794. The fourth-order valence-electron chi connectivity index (χ4n) is 1.28. The van der Waals surface area contributed by atoms with Crippen molar-refractivity contribution in [2.24, 2.45) is 0 Å². The zero-order chi connectivity index (χ0) is 12.4. The summed E-state index contributed by atoms with van der Waals surface area (Å²) >= 11 is 9.25. The number of anilines is 4. The summed E-state index contributed by atoms with van der Waals surface area (Å²) in [5.41, 5.74) is 12.5. The second-order valence-electron chi connectivity index (χ2n) is 3.42. The average molecular weight is 314 g/mol. The lowest BCUT2D eigenvalue weighted by atomic mass is 10.3. The molecule has 0 unspecified atom stereocenters. The SMILES string of the molecule is Nc1ccc(Nc2ccc(Cl)c(Br)c2)nc1N. The van der Waals surface area contributed by atoms with Crippen LogP contribution in [0.3, 0.4) is 0 Å². The van der Waals surface area contributed by atoms with Crippen LogP contribution in [-0.2, 0) is 0 Å². The van der Waals surface area contributed by atoms with Gasteiger partial charge in [0.2, 0.25) is 0 Å². The van der Waals surface area contributed by atoms with Gasteiger partial charge in [0.15, 0.2) is 0 Å². The molecule has 1 aromatic heterocycles. The largest absolute Gasteiger partial charge is 0.396 e. The van der Waals surface area contributed by atoms with E-state index in [1.165, 1.54) is 0 Å².